The molecule has 0 saturated carbocycles. The maximum Gasteiger partial charge on any atom is 0.189 e. The van der Waals surface area contributed by atoms with Crippen molar-refractivity contribution in [1.29, 1.82) is 0 Å². The Bertz CT molecular complexity index is 592. The van der Waals surface area contributed by atoms with Crippen LogP contribution >= 0.6 is 0 Å². The molecule has 0 aliphatic heterocycles. The standard InChI is InChI=1S/C13H18N6O/c1-19-9-10(7-17-19)4-6-15-8-11-3-2-5-16-12(11)13(14)18-20/h2-3,5,7,9,15,20H,4,6,8H2,1H3,(H2,14,18). The maximum absolute atomic E-state index is 8.73. The predicted octanol–water partition coefficient (Wildman–Crippen LogP) is 0.242. The molecule has 2 rings (SSSR count). The zero-order valence-electron chi connectivity index (χ0n) is 11.3. The van der Waals surface area contributed by atoms with Gasteiger partial charge in [-0.05, 0) is 30.2 Å². The van der Waals surface area contributed by atoms with Gasteiger partial charge in [-0.15, -0.1) is 0 Å². The van der Waals surface area contributed by atoms with Gasteiger partial charge in [0.05, 0.1) is 6.20 Å². The lowest BCUT2D eigenvalue weighted by atomic mass is 10.1. The number of aromatic nitrogens is 3. The molecule has 0 atom stereocenters. The number of rotatable bonds is 6. The van der Waals surface area contributed by atoms with Crippen LogP contribution in [0, 0.1) is 0 Å². The van der Waals surface area contributed by atoms with E-state index in [0.29, 0.717) is 12.2 Å². The van der Waals surface area contributed by atoms with Crippen molar-refractivity contribution < 1.29 is 5.21 Å². The van der Waals surface area contributed by atoms with Gasteiger partial charge in [0.1, 0.15) is 5.69 Å². The predicted molar refractivity (Wildman–Crippen MR) is 75.4 cm³/mol. The Balaban J connectivity index is 1.88. The summed E-state index contributed by atoms with van der Waals surface area (Å²) < 4.78 is 1.78. The van der Waals surface area contributed by atoms with Crippen molar-refractivity contribution in [1.82, 2.24) is 20.1 Å². The first-order valence-corrected chi connectivity index (χ1v) is 6.30. The maximum atomic E-state index is 8.73. The van der Waals surface area contributed by atoms with Gasteiger partial charge in [-0.1, -0.05) is 11.2 Å². The van der Waals surface area contributed by atoms with Crippen LogP contribution in [0.15, 0.2) is 35.9 Å². The van der Waals surface area contributed by atoms with E-state index >= 15 is 0 Å². The van der Waals surface area contributed by atoms with E-state index < -0.39 is 0 Å². The number of hydrogen-bond acceptors (Lipinski definition) is 5. The zero-order chi connectivity index (χ0) is 14.4. The molecule has 7 heteroatoms. The molecule has 0 aliphatic rings. The summed E-state index contributed by atoms with van der Waals surface area (Å²) in [6.07, 6.45) is 6.36. The highest BCUT2D eigenvalue weighted by atomic mass is 16.4. The van der Waals surface area contributed by atoms with Gasteiger partial charge < -0.3 is 16.3 Å². The Morgan fingerprint density at radius 2 is 2.40 bits per heavy atom. The summed E-state index contributed by atoms with van der Waals surface area (Å²) >= 11 is 0. The Hall–Kier alpha value is -2.41. The minimum Gasteiger partial charge on any atom is -0.409 e. The van der Waals surface area contributed by atoms with Gasteiger partial charge >= 0.3 is 0 Å². The molecule has 2 aromatic heterocycles. The normalized spacial score (nSPS) is 11.8. The first-order valence-electron chi connectivity index (χ1n) is 6.30. The molecule has 0 spiro atoms. The lowest BCUT2D eigenvalue weighted by Gasteiger charge is -2.08. The molecule has 0 unspecified atom stereocenters. The van der Waals surface area contributed by atoms with Crippen LogP contribution in [0.4, 0.5) is 0 Å². The fraction of sp³-hybridized carbons (Fsp3) is 0.308. The summed E-state index contributed by atoms with van der Waals surface area (Å²) in [6.45, 7) is 1.43. The van der Waals surface area contributed by atoms with Crippen LogP contribution in [0.1, 0.15) is 16.8 Å². The molecular weight excluding hydrogens is 256 g/mol. The second-order valence-electron chi connectivity index (χ2n) is 4.45. The molecule has 0 bridgehead atoms. The van der Waals surface area contributed by atoms with Crippen LogP contribution in [0.5, 0.6) is 0 Å². The SMILES string of the molecule is Cn1cc(CCNCc2cccnc2/C(N)=N/O)cn1. The lowest BCUT2D eigenvalue weighted by Crippen LogP contribution is -2.22. The summed E-state index contributed by atoms with van der Waals surface area (Å²) in [6, 6.07) is 3.73. The molecule has 20 heavy (non-hydrogen) atoms. The van der Waals surface area contributed by atoms with Gasteiger partial charge in [0.15, 0.2) is 5.84 Å². The topological polar surface area (TPSA) is 101 Å². The Morgan fingerprint density at radius 1 is 1.55 bits per heavy atom. The molecule has 106 valence electrons. The third-order valence-electron chi connectivity index (χ3n) is 2.91. The van der Waals surface area contributed by atoms with Crippen molar-refractivity contribution in [2.75, 3.05) is 6.54 Å². The van der Waals surface area contributed by atoms with Crippen LogP contribution in [-0.2, 0) is 20.0 Å². The first kappa shape index (κ1) is 14.0. The molecule has 0 saturated heterocycles. The molecule has 0 fully saturated rings. The van der Waals surface area contributed by atoms with Gasteiger partial charge in [-0.3, -0.25) is 9.67 Å². The average molecular weight is 274 g/mol. The number of pyridine rings is 1. The third-order valence-corrected chi connectivity index (χ3v) is 2.91. The summed E-state index contributed by atoms with van der Waals surface area (Å²) in [7, 11) is 1.90. The monoisotopic (exact) mass is 274 g/mol. The van der Waals surface area contributed by atoms with Gasteiger partial charge in [-0.25, -0.2) is 0 Å². The second kappa shape index (κ2) is 6.67. The van der Waals surface area contributed by atoms with E-state index in [2.05, 4.69) is 20.6 Å². The molecule has 0 radical (unpaired) electrons. The molecule has 7 nitrogen and oxygen atoms in total. The van der Waals surface area contributed by atoms with E-state index in [9.17, 15) is 0 Å². The fourth-order valence-electron chi connectivity index (χ4n) is 1.92. The quantitative estimate of drug-likeness (QED) is 0.230. The fourth-order valence-corrected chi connectivity index (χ4v) is 1.92. The highest BCUT2D eigenvalue weighted by Gasteiger charge is 2.07. The number of nitrogens with two attached hydrogens (primary N) is 1. The van der Waals surface area contributed by atoms with Gasteiger partial charge in [0.2, 0.25) is 0 Å². The van der Waals surface area contributed by atoms with Crippen LogP contribution in [0.25, 0.3) is 0 Å². The third kappa shape index (κ3) is 3.55. The van der Waals surface area contributed by atoms with Crippen LogP contribution in [0.2, 0.25) is 0 Å². The number of oxime groups is 1. The van der Waals surface area contributed by atoms with Gasteiger partial charge in [0.25, 0.3) is 0 Å². The largest absolute Gasteiger partial charge is 0.409 e. The van der Waals surface area contributed by atoms with E-state index in [4.69, 9.17) is 10.9 Å². The minimum absolute atomic E-state index is 0.0228. The Kier molecular flexibility index (Phi) is 4.67. The molecule has 0 aliphatic carbocycles. The lowest BCUT2D eigenvalue weighted by molar-refractivity contribution is 0.318. The first-order chi connectivity index (χ1) is 9.70. The zero-order valence-corrected chi connectivity index (χ0v) is 11.3. The minimum atomic E-state index is 0.0228. The van der Waals surface area contributed by atoms with Gasteiger partial charge in [-0.2, -0.15) is 5.10 Å². The molecule has 2 aromatic rings. The summed E-state index contributed by atoms with van der Waals surface area (Å²) in [5.74, 6) is 0.0228. The number of nitrogens with zero attached hydrogens (tertiary/aromatic N) is 4. The smallest absolute Gasteiger partial charge is 0.189 e. The van der Waals surface area contributed by atoms with Crippen LogP contribution < -0.4 is 11.1 Å². The van der Waals surface area contributed by atoms with E-state index in [1.165, 1.54) is 5.56 Å². The molecule has 0 aromatic carbocycles. The molecule has 0 amide bonds. The van der Waals surface area contributed by atoms with E-state index in [0.717, 1.165) is 18.5 Å². The molecule has 4 N–H and O–H groups in total. The number of nitrogens with one attached hydrogen (secondary N) is 1. The summed E-state index contributed by atoms with van der Waals surface area (Å²) in [4.78, 5) is 4.12. The van der Waals surface area contributed by atoms with Crippen molar-refractivity contribution in [3.8, 4) is 0 Å². The number of hydrogen-bond donors (Lipinski definition) is 3. The van der Waals surface area contributed by atoms with Crippen LogP contribution in [0.3, 0.4) is 0 Å². The number of aryl methyl sites for hydroxylation is 1. The highest BCUT2D eigenvalue weighted by molar-refractivity contribution is 5.96. The number of amidine groups is 1. The van der Waals surface area contributed by atoms with E-state index in [1.807, 2.05) is 31.6 Å². The van der Waals surface area contributed by atoms with Crippen molar-refractivity contribution in [2.24, 2.45) is 17.9 Å². The second-order valence-corrected chi connectivity index (χ2v) is 4.45. The summed E-state index contributed by atoms with van der Waals surface area (Å²) in [5.41, 5.74) is 8.18. The Morgan fingerprint density at radius 3 is 3.10 bits per heavy atom. The van der Waals surface area contributed by atoms with Gasteiger partial charge in [0, 0.05) is 26.0 Å². The molecular formula is C13H18N6O. The Labute approximate surface area is 117 Å². The highest BCUT2D eigenvalue weighted by Crippen LogP contribution is 2.05. The summed E-state index contributed by atoms with van der Waals surface area (Å²) in [5, 5.41) is 19.1. The van der Waals surface area contributed by atoms with Crippen molar-refractivity contribution in [3.63, 3.8) is 0 Å². The van der Waals surface area contributed by atoms with Crippen molar-refractivity contribution in [3.05, 3.63) is 47.5 Å². The molecule has 2 heterocycles. The van der Waals surface area contributed by atoms with Crippen molar-refractivity contribution in [2.45, 2.75) is 13.0 Å². The average Bonchev–Trinajstić information content (AvgIpc) is 2.89. The van der Waals surface area contributed by atoms with Crippen LogP contribution in [-0.4, -0.2) is 32.4 Å². The van der Waals surface area contributed by atoms with E-state index in [1.54, 1.807) is 10.9 Å². The van der Waals surface area contributed by atoms with E-state index in [-0.39, 0.29) is 5.84 Å². The van der Waals surface area contributed by atoms with Crippen molar-refractivity contribution >= 4 is 5.84 Å².